The van der Waals surface area contributed by atoms with Crippen LogP contribution in [0.4, 0.5) is 22.7 Å². The lowest BCUT2D eigenvalue weighted by Crippen LogP contribution is -2.31. The number of amides is 2. The lowest BCUT2D eigenvalue weighted by Gasteiger charge is -2.17. The molecule has 0 heterocycles. The molecule has 182 valence electrons. The van der Waals surface area contributed by atoms with Crippen LogP contribution in [0.25, 0.3) is 0 Å². The van der Waals surface area contributed by atoms with Gasteiger partial charge in [-0.15, -0.1) is 0 Å². The van der Waals surface area contributed by atoms with Crippen molar-refractivity contribution >= 4 is 57.8 Å². The van der Waals surface area contributed by atoms with Gasteiger partial charge in [0.15, 0.2) is 6.10 Å². The lowest BCUT2D eigenvalue weighted by atomic mass is 10.1. The number of hydrogen-bond acceptors (Lipinski definition) is 4. The third-order valence-corrected chi connectivity index (χ3v) is 5.73. The summed E-state index contributed by atoms with van der Waals surface area (Å²) >= 11 is 12.0. The molecule has 0 fully saturated rings. The molecule has 0 saturated carbocycles. The molecule has 0 spiro atoms. The molecule has 0 radical (unpaired) electrons. The van der Waals surface area contributed by atoms with Crippen LogP contribution in [0.5, 0.6) is 5.75 Å². The molecule has 0 aliphatic rings. The minimum atomic E-state index is -0.871. The van der Waals surface area contributed by atoms with E-state index in [1.165, 1.54) is 6.07 Å². The first-order chi connectivity index (χ1) is 17.4. The average molecular weight is 520 g/mol. The standard InChI is InChI=1S/C28H23Cl2N3O3/c1-18(36-26-16-11-19(29)17-24(26)30)27(34)33-25-10-6-5-9-23(25)28(35)32-22-14-12-21(13-15-22)31-20-7-3-2-4-8-20/h2-18,31H,1H3,(H,32,35)(H,33,34). The average Bonchev–Trinajstić information content (AvgIpc) is 2.87. The summed E-state index contributed by atoms with van der Waals surface area (Å²) in [5, 5.41) is 9.68. The van der Waals surface area contributed by atoms with Crippen molar-refractivity contribution in [1.29, 1.82) is 0 Å². The van der Waals surface area contributed by atoms with Gasteiger partial charge in [-0.2, -0.15) is 0 Å². The second kappa shape index (κ2) is 11.6. The Morgan fingerprint density at radius 1 is 0.750 bits per heavy atom. The highest BCUT2D eigenvalue weighted by atomic mass is 35.5. The van der Waals surface area contributed by atoms with Crippen LogP contribution >= 0.6 is 23.2 Å². The van der Waals surface area contributed by atoms with E-state index in [9.17, 15) is 9.59 Å². The van der Waals surface area contributed by atoms with Crippen LogP contribution in [-0.4, -0.2) is 17.9 Å². The number of anilines is 4. The zero-order chi connectivity index (χ0) is 25.5. The van der Waals surface area contributed by atoms with Crippen LogP contribution in [-0.2, 0) is 4.79 Å². The van der Waals surface area contributed by atoms with E-state index in [0.29, 0.717) is 32.7 Å². The lowest BCUT2D eigenvalue weighted by molar-refractivity contribution is -0.122. The summed E-state index contributed by atoms with van der Waals surface area (Å²) in [6.07, 6.45) is -0.871. The van der Waals surface area contributed by atoms with E-state index in [1.54, 1.807) is 55.5 Å². The number of para-hydroxylation sites is 2. The van der Waals surface area contributed by atoms with Gasteiger partial charge in [0, 0.05) is 22.1 Å². The molecule has 4 aromatic carbocycles. The normalized spacial score (nSPS) is 11.3. The Morgan fingerprint density at radius 2 is 1.39 bits per heavy atom. The first-order valence-corrected chi connectivity index (χ1v) is 11.9. The van der Waals surface area contributed by atoms with Crippen molar-refractivity contribution in [3.8, 4) is 5.75 Å². The molecular weight excluding hydrogens is 497 g/mol. The first kappa shape index (κ1) is 25.1. The fourth-order valence-corrected chi connectivity index (χ4v) is 3.82. The van der Waals surface area contributed by atoms with Gasteiger partial charge in [-0.3, -0.25) is 9.59 Å². The number of ether oxygens (including phenoxy) is 1. The molecule has 3 N–H and O–H groups in total. The van der Waals surface area contributed by atoms with Gasteiger partial charge in [0.1, 0.15) is 5.75 Å². The maximum Gasteiger partial charge on any atom is 0.265 e. The predicted molar refractivity (Wildman–Crippen MR) is 146 cm³/mol. The van der Waals surface area contributed by atoms with Crippen LogP contribution in [0.1, 0.15) is 17.3 Å². The van der Waals surface area contributed by atoms with E-state index >= 15 is 0 Å². The zero-order valence-electron chi connectivity index (χ0n) is 19.3. The number of benzene rings is 4. The van der Waals surface area contributed by atoms with Gasteiger partial charge < -0.3 is 20.7 Å². The fourth-order valence-electron chi connectivity index (χ4n) is 3.36. The number of hydrogen-bond donors (Lipinski definition) is 3. The van der Waals surface area contributed by atoms with Crippen molar-refractivity contribution in [2.75, 3.05) is 16.0 Å². The van der Waals surface area contributed by atoms with E-state index in [2.05, 4.69) is 16.0 Å². The second-order valence-electron chi connectivity index (χ2n) is 7.89. The van der Waals surface area contributed by atoms with Gasteiger partial charge in [-0.25, -0.2) is 0 Å². The largest absolute Gasteiger partial charge is 0.479 e. The Hall–Kier alpha value is -4.00. The Kier molecular flexibility index (Phi) is 8.10. The van der Waals surface area contributed by atoms with Crippen LogP contribution in [0.15, 0.2) is 97.1 Å². The fraction of sp³-hybridized carbons (Fsp3) is 0.0714. The molecule has 4 aromatic rings. The maximum absolute atomic E-state index is 13.0. The minimum absolute atomic E-state index is 0.298. The predicted octanol–water partition coefficient (Wildman–Crippen LogP) is 7.40. The summed E-state index contributed by atoms with van der Waals surface area (Å²) in [6.45, 7) is 1.59. The number of carbonyl (C=O) groups excluding carboxylic acids is 2. The summed E-state index contributed by atoms with van der Waals surface area (Å²) in [7, 11) is 0. The smallest absolute Gasteiger partial charge is 0.265 e. The third kappa shape index (κ3) is 6.56. The molecule has 8 heteroatoms. The molecule has 1 atom stereocenters. The molecule has 0 aliphatic heterocycles. The van der Waals surface area contributed by atoms with Crippen molar-refractivity contribution in [2.45, 2.75) is 13.0 Å². The molecular formula is C28H23Cl2N3O3. The molecule has 2 amide bonds. The number of rotatable bonds is 8. The Balaban J connectivity index is 1.40. The van der Waals surface area contributed by atoms with Gasteiger partial charge >= 0.3 is 0 Å². The van der Waals surface area contributed by atoms with E-state index < -0.39 is 12.0 Å². The Labute approximate surface area is 219 Å². The molecule has 36 heavy (non-hydrogen) atoms. The highest BCUT2D eigenvalue weighted by molar-refractivity contribution is 6.35. The highest BCUT2D eigenvalue weighted by Gasteiger charge is 2.19. The van der Waals surface area contributed by atoms with E-state index in [-0.39, 0.29) is 5.91 Å². The van der Waals surface area contributed by atoms with Gasteiger partial charge in [0.25, 0.3) is 11.8 Å². The van der Waals surface area contributed by atoms with Gasteiger partial charge in [-0.05, 0) is 73.7 Å². The number of halogens is 2. The summed E-state index contributed by atoms with van der Waals surface area (Å²) in [6, 6.07) is 28.6. The third-order valence-electron chi connectivity index (χ3n) is 5.20. The summed E-state index contributed by atoms with van der Waals surface area (Å²) < 4.78 is 5.67. The van der Waals surface area contributed by atoms with Gasteiger partial charge in [-0.1, -0.05) is 53.5 Å². The Bertz CT molecular complexity index is 1360. The molecule has 0 saturated heterocycles. The van der Waals surface area contributed by atoms with Gasteiger partial charge in [0.05, 0.1) is 16.3 Å². The van der Waals surface area contributed by atoms with Crippen LogP contribution in [0, 0.1) is 0 Å². The van der Waals surface area contributed by atoms with Crippen LogP contribution in [0.3, 0.4) is 0 Å². The Morgan fingerprint density at radius 3 is 2.11 bits per heavy atom. The topological polar surface area (TPSA) is 79.5 Å². The molecule has 1 unspecified atom stereocenters. The maximum atomic E-state index is 13.0. The molecule has 0 bridgehead atoms. The van der Waals surface area contributed by atoms with Crippen molar-refractivity contribution in [2.24, 2.45) is 0 Å². The van der Waals surface area contributed by atoms with Crippen molar-refractivity contribution in [3.05, 3.63) is 113 Å². The quantitative estimate of drug-likeness (QED) is 0.226. The monoisotopic (exact) mass is 519 g/mol. The summed E-state index contributed by atoms with van der Waals surface area (Å²) in [4.78, 5) is 25.8. The van der Waals surface area contributed by atoms with Crippen LogP contribution < -0.4 is 20.7 Å². The van der Waals surface area contributed by atoms with E-state index in [0.717, 1.165) is 11.4 Å². The van der Waals surface area contributed by atoms with Crippen molar-refractivity contribution in [1.82, 2.24) is 0 Å². The molecule has 4 rings (SSSR count). The van der Waals surface area contributed by atoms with Crippen molar-refractivity contribution < 1.29 is 14.3 Å². The van der Waals surface area contributed by atoms with E-state index in [1.807, 2.05) is 42.5 Å². The summed E-state index contributed by atoms with van der Waals surface area (Å²) in [5.41, 5.74) is 3.15. The van der Waals surface area contributed by atoms with E-state index in [4.69, 9.17) is 27.9 Å². The SMILES string of the molecule is CC(Oc1ccc(Cl)cc1Cl)C(=O)Nc1ccccc1C(=O)Nc1ccc(Nc2ccccc2)cc1. The molecule has 0 aliphatic carbocycles. The molecule has 6 nitrogen and oxygen atoms in total. The number of nitrogens with one attached hydrogen (secondary N) is 3. The summed E-state index contributed by atoms with van der Waals surface area (Å²) in [5.74, 6) is -0.457. The minimum Gasteiger partial charge on any atom is -0.479 e. The van der Waals surface area contributed by atoms with Gasteiger partial charge in [0.2, 0.25) is 0 Å². The zero-order valence-corrected chi connectivity index (χ0v) is 20.8. The molecule has 0 aromatic heterocycles. The number of carbonyl (C=O) groups is 2. The van der Waals surface area contributed by atoms with Crippen molar-refractivity contribution in [3.63, 3.8) is 0 Å². The van der Waals surface area contributed by atoms with Crippen LogP contribution in [0.2, 0.25) is 10.0 Å². The second-order valence-corrected chi connectivity index (χ2v) is 8.74. The highest BCUT2D eigenvalue weighted by Crippen LogP contribution is 2.28. The first-order valence-electron chi connectivity index (χ1n) is 11.1.